The minimum absolute atomic E-state index is 0.262. The SMILES string of the molecule is CN1[CH]C=C([N+](=O)[O-])C1. The van der Waals surface area contributed by atoms with Gasteiger partial charge in [0.15, 0.2) is 0 Å². The maximum absolute atomic E-state index is 10.0. The van der Waals surface area contributed by atoms with Crippen molar-refractivity contribution in [1.82, 2.24) is 4.90 Å². The number of hydrogen-bond acceptors (Lipinski definition) is 3. The molecule has 0 atom stereocenters. The van der Waals surface area contributed by atoms with Crippen LogP contribution >= 0.6 is 0 Å². The van der Waals surface area contributed by atoms with Crippen molar-refractivity contribution in [3.8, 4) is 0 Å². The second kappa shape index (κ2) is 2.14. The van der Waals surface area contributed by atoms with Crippen molar-refractivity contribution in [3.63, 3.8) is 0 Å². The second-order valence-corrected chi connectivity index (χ2v) is 1.98. The molecular weight excluding hydrogens is 120 g/mol. The molecule has 0 amide bonds. The predicted molar refractivity (Wildman–Crippen MR) is 32.0 cm³/mol. The summed E-state index contributed by atoms with van der Waals surface area (Å²) in [6.45, 7) is 2.12. The minimum atomic E-state index is -0.361. The predicted octanol–water partition coefficient (Wildman–Crippen LogP) is 0.254. The van der Waals surface area contributed by atoms with Gasteiger partial charge in [0.2, 0.25) is 0 Å². The van der Waals surface area contributed by atoms with Crippen molar-refractivity contribution in [2.45, 2.75) is 0 Å². The first-order chi connectivity index (χ1) is 4.20. The number of rotatable bonds is 1. The van der Waals surface area contributed by atoms with E-state index in [2.05, 4.69) is 0 Å². The fraction of sp³-hybridized carbons (Fsp3) is 0.400. The average molecular weight is 127 g/mol. The summed E-state index contributed by atoms with van der Waals surface area (Å²) in [7, 11) is 1.80. The summed E-state index contributed by atoms with van der Waals surface area (Å²) in [6.07, 6.45) is 1.51. The highest BCUT2D eigenvalue weighted by molar-refractivity contribution is 5.09. The van der Waals surface area contributed by atoms with Crippen molar-refractivity contribution in [2.75, 3.05) is 13.6 Å². The van der Waals surface area contributed by atoms with E-state index < -0.39 is 0 Å². The zero-order valence-corrected chi connectivity index (χ0v) is 5.07. The van der Waals surface area contributed by atoms with Gasteiger partial charge in [0.1, 0.15) is 0 Å². The molecule has 0 saturated heterocycles. The third-order valence-electron chi connectivity index (χ3n) is 1.17. The van der Waals surface area contributed by atoms with Crippen LogP contribution in [0.25, 0.3) is 0 Å². The van der Waals surface area contributed by atoms with Crippen LogP contribution in [0.15, 0.2) is 11.8 Å². The number of hydrogen-bond donors (Lipinski definition) is 0. The first kappa shape index (κ1) is 6.22. The highest BCUT2D eigenvalue weighted by Gasteiger charge is 2.18. The third kappa shape index (κ3) is 1.26. The summed E-state index contributed by atoms with van der Waals surface area (Å²) in [4.78, 5) is 11.4. The number of nitro groups is 1. The van der Waals surface area contributed by atoms with Crippen molar-refractivity contribution in [1.29, 1.82) is 0 Å². The fourth-order valence-corrected chi connectivity index (χ4v) is 0.693. The topological polar surface area (TPSA) is 46.4 Å². The van der Waals surface area contributed by atoms with Crippen LogP contribution in [0, 0.1) is 16.7 Å². The van der Waals surface area contributed by atoms with Crippen molar-refractivity contribution < 1.29 is 4.92 Å². The molecule has 4 heteroatoms. The Morgan fingerprint density at radius 3 is 2.78 bits per heavy atom. The maximum Gasteiger partial charge on any atom is 0.257 e. The Morgan fingerprint density at radius 2 is 2.56 bits per heavy atom. The van der Waals surface area contributed by atoms with E-state index in [9.17, 15) is 10.1 Å². The fourth-order valence-electron chi connectivity index (χ4n) is 0.693. The second-order valence-electron chi connectivity index (χ2n) is 1.98. The van der Waals surface area contributed by atoms with Gasteiger partial charge in [-0.15, -0.1) is 0 Å². The van der Waals surface area contributed by atoms with E-state index in [1.807, 2.05) is 0 Å². The molecule has 0 fully saturated rings. The Kier molecular flexibility index (Phi) is 1.48. The van der Waals surface area contributed by atoms with Gasteiger partial charge in [-0.05, 0) is 7.05 Å². The first-order valence-corrected chi connectivity index (χ1v) is 2.59. The molecule has 0 unspecified atom stereocenters. The third-order valence-corrected chi connectivity index (χ3v) is 1.17. The molecule has 9 heavy (non-hydrogen) atoms. The lowest BCUT2D eigenvalue weighted by Gasteiger charge is -2.01. The van der Waals surface area contributed by atoms with Crippen LogP contribution in [-0.2, 0) is 0 Å². The smallest absolute Gasteiger partial charge is 0.257 e. The molecular formula is C5H7N2O2. The minimum Gasteiger partial charge on any atom is -0.288 e. The first-order valence-electron chi connectivity index (χ1n) is 2.59. The molecule has 1 rings (SSSR count). The zero-order chi connectivity index (χ0) is 6.85. The number of likely N-dealkylation sites (N-methyl/N-ethyl adjacent to an activating group) is 1. The molecule has 0 N–H and O–H groups in total. The van der Waals surface area contributed by atoms with Crippen LogP contribution in [0.5, 0.6) is 0 Å². The van der Waals surface area contributed by atoms with E-state index >= 15 is 0 Å². The lowest BCUT2D eigenvalue weighted by atomic mass is 10.5. The van der Waals surface area contributed by atoms with Crippen LogP contribution in [0.1, 0.15) is 0 Å². The van der Waals surface area contributed by atoms with E-state index in [0.717, 1.165) is 0 Å². The Balaban J connectivity index is 2.55. The van der Waals surface area contributed by atoms with Gasteiger partial charge in [-0.1, -0.05) is 0 Å². The summed E-state index contributed by atoms with van der Waals surface area (Å²) < 4.78 is 0. The molecule has 1 heterocycles. The van der Waals surface area contributed by atoms with Gasteiger partial charge in [-0.2, -0.15) is 0 Å². The summed E-state index contributed by atoms with van der Waals surface area (Å²) in [5, 5.41) is 10.0. The zero-order valence-electron chi connectivity index (χ0n) is 5.07. The van der Waals surface area contributed by atoms with Crippen molar-refractivity contribution in [2.24, 2.45) is 0 Å². The molecule has 1 aliphatic heterocycles. The monoisotopic (exact) mass is 127 g/mol. The quantitative estimate of drug-likeness (QED) is 0.375. The van der Waals surface area contributed by atoms with Crippen LogP contribution in [0.3, 0.4) is 0 Å². The molecule has 0 saturated carbocycles. The molecule has 4 nitrogen and oxygen atoms in total. The number of nitrogens with zero attached hydrogens (tertiary/aromatic N) is 2. The molecule has 1 aliphatic rings. The standard InChI is InChI=1S/C5H7N2O2/c1-6-3-2-5(4-6)7(8)9/h2-3H,4H2,1H3. The molecule has 49 valence electrons. The molecule has 0 aromatic heterocycles. The summed E-state index contributed by atoms with van der Waals surface area (Å²) >= 11 is 0. The summed E-state index contributed by atoms with van der Waals surface area (Å²) in [5.74, 6) is 0. The highest BCUT2D eigenvalue weighted by Crippen LogP contribution is 2.09. The summed E-state index contributed by atoms with van der Waals surface area (Å²) in [5.41, 5.74) is 0.262. The Bertz CT molecular complexity index is 164. The highest BCUT2D eigenvalue weighted by atomic mass is 16.6. The Morgan fingerprint density at radius 1 is 1.89 bits per heavy atom. The molecule has 0 spiro atoms. The van der Waals surface area contributed by atoms with Crippen LogP contribution < -0.4 is 0 Å². The Hall–Kier alpha value is -0.900. The molecule has 0 bridgehead atoms. The van der Waals surface area contributed by atoms with Crippen molar-refractivity contribution in [3.05, 3.63) is 28.4 Å². The molecule has 0 aromatic rings. The molecule has 0 aromatic carbocycles. The van der Waals surface area contributed by atoms with Crippen LogP contribution in [0.4, 0.5) is 0 Å². The van der Waals surface area contributed by atoms with Gasteiger partial charge in [0.25, 0.3) is 5.70 Å². The van der Waals surface area contributed by atoms with E-state index in [1.54, 1.807) is 18.5 Å². The van der Waals surface area contributed by atoms with Gasteiger partial charge in [-0.25, -0.2) is 0 Å². The van der Waals surface area contributed by atoms with E-state index in [1.165, 1.54) is 6.08 Å². The molecule has 0 aliphatic carbocycles. The van der Waals surface area contributed by atoms with Crippen LogP contribution in [0.2, 0.25) is 0 Å². The average Bonchev–Trinajstić information content (AvgIpc) is 2.14. The van der Waals surface area contributed by atoms with E-state index in [-0.39, 0.29) is 10.6 Å². The van der Waals surface area contributed by atoms with Crippen LogP contribution in [-0.4, -0.2) is 23.4 Å². The van der Waals surface area contributed by atoms with E-state index in [0.29, 0.717) is 6.54 Å². The maximum atomic E-state index is 10.0. The van der Waals surface area contributed by atoms with Crippen molar-refractivity contribution >= 4 is 0 Å². The molecule has 1 radical (unpaired) electrons. The van der Waals surface area contributed by atoms with Gasteiger partial charge < -0.3 is 0 Å². The van der Waals surface area contributed by atoms with E-state index in [4.69, 9.17) is 0 Å². The van der Waals surface area contributed by atoms with Gasteiger partial charge in [0.05, 0.1) is 18.0 Å². The summed E-state index contributed by atoms with van der Waals surface area (Å²) in [6, 6.07) is 0. The lowest BCUT2D eigenvalue weighted by molar-refractivity contribution is -0.426. The Labute approximate surface area is 52.9 Å². The van der Waals surface area contributed by atoms with Gasteiger partial charge >= 0.3 is 0 Å². The normalized spacial score (nSPS) is 19.9. The largest absolute Gasteiger partial charge is 0.288 e. The lowest BCUT2D eigenvalue weighted by Crippen LogP contribution is -2.13. The van der Waals surface area contributed by atoms with Gasteiger partial charge in [0, 0.05) is 6.08 Å². The van der Waals surface area contributed by atoms with Gasteiger partial charge in [-0.3, -0.25) is 15.0 Å².